The second kappa shape index (κ2) is 4.60. The number of carbonyl (C=O) groups excluding carboxylic acids is 2. The van der Waals surface area contributed by atoms with Crippen LogP contribution < -0.4 is 4.68 Å². The van der Waals surface area contributed by atoms with E-state index in [9.17, 15) is 9.59 Å². The first-order valence-corrected chi connectivity index (χ1v) is 5.71. The van der Waals surface area contributed by atoms with Gasteiger partial charge in [-0.15, -0.1) is 4.68 Å². The van der Waals surface area contributed by atoms with Crippen molar-refractivity contribution in [3.05, 3.63) is 30.0 Å². The van der Waals surface area contributed by atoms with Crippen LogP contribution in [0.3, 0.4) is 0 Å². The van der Waals surface area contributed by atoms with E-state index in [1.54, 1.807) is 19.1 Å². The minimum absolute atomic E-state index is 0.202. The maximum Gasteiger partial charge on any atom is 0.379 e. The van der Waals surface area contributed by atoms with Crippen molar-refractivity contribution in [2.75, 3.05) is 6.61 Å². The van der Waals surface area contributed by atoms with E-state index in [0.717, 1.165) is 10.9 Å². The molecule has 0 aliphatic heterocycles. The molecule has 5 heteroatoms. The van der Waals surface area contributed by atoms with Gasteiger partial charge in [-0.25, -0.2) is 4.79 Å². The van der Waals surface area contributed by atoms with Crippen LogP contribution in [-0.4, -0.2) is 23.0 Å². The number of esters is 1. The smallest absolute Gasteiger partial charge is 0.379 e. The summed E-state index contributed by atoms with van der Waals surface area (Å²) >= 11 is 0. The third-order valence-electron chi connectivity index (χ3n) is 2.90. The van der Waals surface area contributed by atoms with Gasteiger partial charge in [0.05, 0.1) is 19.0 Å². The number of benzene rings is 1. The minimum atomic E-state index is -0.808. The average molecular weight is 247 g/mol. The van der Waals surface area contributed by atoms with Crippen LogP contribution in [0.4, 0.5) is 0 Å². The maximum atomic E-state index is 11.8. The molecule has 0 fully saturated rings. The third kappa shape index (κ3) is 1.99. The van der Waals surface area contributed by atoms with Crippen LogP contribution in [0.2, 0.25) is 0 Å². The summed E-state index contributed by atoms with van der Waals surface area (Å²) in [4.78, 5) is 23.2. The average Bonchev–Trinajstić information content (AvgIpc) is 2.64. The summed E-state index contributed by atoms with van der Waals surface area (Å²) in [6.07, 6.45) is 1.90. The van der Waals surface area contributed by atoms with Crippen molar-refractivity contribution >= 4 is 22.7 Å². The SMILES string of the molecule is CCOC(=O)C(=O)c1ccc2c(c1)c[n+](C)n2C. The second-order valence-electron chi connectivity index (χ2n) is 4.05. The van der Waals surface area contributed by atoms with Gasteiger partial charge in [0.25, 0.3) is 5.78 Å². The van der Waals surface area contributed by atoms with Gasteiger partial charge in [-0.3, -0.25) is 4.79 Å². The zero-order valence-electron chi connectivity index (χ0n) is 10.6. The number of aryl methyl sites for hydroxylation is 2. The Hall–Kier alpha value is -2.17. The molecule has 1 heterocycles. The number of rotatable bonds is 3. The van der Waals surface area contributed by atoms with E-state index in [4.69, 9.17) is 4.74 Å². The Morgan fingerprint density at radius 1 is 1.39 bits per heavy atom. The first-order valence-electron chi connectivity index (χ1n) is 5.71. The monoisotopic (exact) mass is 247 g/mol. The molecule has 5 nitrogen and oxygen atoms in total. The largest absolute Gasteiger partial charge is 0.460 e. The fourth-order valence-corrected chi connectivity index (χ4v) is 1.87. The maximum absolute atomic E-state index is 11.8. The predicted octanol–water partition coefficient (Wildman–Crippen LogP) is 0.749. The van der Waals surface area contributed by atoms with Gasteiger partial charge in [0.15, 0.2) is 7.05 Å². The second-order valence-corrected chi connectivity index (χ2v) is 4.05. The van der Waals surface area contributed by atoms with E-state index >= 15 is 0 Å². The highest BCUT2D eigenvalue weighted by atomic mass is 16.5. The van der Waals surface area contributed by atoms with Gasteiger partial charge in [0, 0.05) is 5.56 Å². The van der Waals surface area contributed by atoms with E-state index in [-0.39, 0.29) is 6.61 Å². The summed E-state index contributed by atoms with van der Waals surface area (Å²) in [7, 11) is 3.84. The van der Waals surface area contributed by atoms with Gasteiger partial charge >= 0.3 is 5.97 Å². The van der Waals surface area contributed by atoms with Crippen LogP contribution in [0.1, 0.15) is 17.3 Å². The van der Waals surface area contributed by atoms with Crippen molar-refractivity contribution in [2.24, 2.45) is 14.1 Å². The molecule has 0 aliphatic rings. The Bertz CT molecular complexity index is 628. The van der Waals surface area contributed by atoms with E-state index in [1.165, 1.54) is 0 Å². The lowest BCUT2D eigenvalue weighted by Gasteiger charge is -2.00. The Kier molecular flexibility index (Phi) is 3.14. The molecule has 0 bridgehead atoms. The molecule has 2 aromatic rings. The molecule has 18 heavy (non-hydrogen) atoms. The van der Waals surface area contributed by atoms with Crippen molar-refractivity contribution in [1.29, 1.82) is 0 Å². The van der Waals surface area contributed by atoms with Crippen LogP contribution >= 0.6 is 0 Å². The number of fused-ring (bicyclic) bond motifs is 1. The van der Waals surface area contributed by atoms with E-state index in [0.29, 0.717) is 5.56 Å². The van der Waals surface area contributed by atoms with Crippen molar-refractivity contribution < 1.29 is 19.0 Å². The molecule has 0 amide bonds. The van der Waals surface area contributed by atoms with Gasteiger partial charge in [0.1, 0.15) is 5.52 Å². The van der Waals surface area contributed by atoms with Crippen LogP contribution in [0, 0.1) is 0 Å². The van der Waals surface area contributed by atoms with Crippen LogP contribution in [0.25, 0.3) is 10.9 Å². The van der Waals surface area contributed by atoms with Gasteiger partial charge in [-0.2, -0.15) is 4.68 Å². The van der Waals surface area contributed by atoms with Crippen LogP contribution in [0.5, 0.6) is 0 Å². The molecule has 2 rings (SSSR count). The zero-order chi connectivity index (χ0) is 13.3. The van der Waals surface area contributed by atoms with Crippen LogP contribution in [-0.2, 0) is 23.6 Å². The molecule has 1 aromatic carbocycles. The molecular weight excluding hydrogens is 232 g/mol. The Morgan fingerprint density at radius 2 is 2.11 bits per heavy atom. The zero-order valence-corrected chi connectivity index (χ0v) is 10.6. The molecule has 1 aromatic heterocycles. The normalized spacial score (nSPS) is 10.6. The highest BCUT2D eigenvalue weighted by Gasteiger charge is 2.19. The molecule has 0 N–H and O–H groups in total. The molecule has 0 radical (unpaired) electrons. The first-order chi connectivity index (χ1) is 8.54. The van der Waals surface area contributed by atoms with Crippen molar-refractivity contribution in [2.45, 2.75) is 6.92 Å². The van der Waals surface area contributed by atoms with Crippen molar-refractivity contribution in [1.82, 2.24) is 4.68 Å². The Labute approximate surface area is 105 Å². The first kappa shape index (κ1) is 12.3. The molecule has 0 unspecified atom stereocenters. The number of hydrogen-bond acceptors (Lipinski definition) is 3. The van der Waals surface area contributed by atoms with Crippen molar-refractivity contribution in [3.8, 4) is 0 Å². The summed E-state index contributed by atoms with van der Waals surface area (Å²) in [5.74, 6) is -1.41. The van der Waals surface area contributed by atoms with E-state index in [2.05, 4.69) is 0 Å². The molecule has 0 aliphatic carbocycles. The fraction of sp³-hybridized carbons (Fsp3) is 0.308. The van der Waals surface area contributed by atoms with E-state index < -0.39 is 11.8 Å². The number of nitrogens with zero attached hydrogens (tertiary/aromatic N) is 2. The third-order valence-corrected chi connectivity index (χ3v) is 2.90. The minimum Gasteiger partial charge on any atom is -0.460 e. The molecule has 0 saturated heterocycles. The van der Waals surface area contributed by atoms with Gasteiger partial charge < -0.3 is 4.74 Å². The Morgan fingerprint density at radius 3 is 2.78 bits per heavy atom. The topological polar surface area (TPSA) is 52.2 Å². The molecule has 94 valence electrons. The number of ketones is 1. The van der Waals surface area contributed by atoms with Crippen LogP contribution in [0.15, 0.2) is 24.4 Å². The van der Waals surface area contributed by atoms with E-state index in [1.807, 2.05) is 35.7 Å². The van der Waals surface area contributed by atoms with Gasteiger partial charge in [-0.1, -0.05) is 0 Å². The number of aromatic nitrogens is 2. The lowest BCUT2D eigenvalue weighted by Crippen LogP contribution is -2.35. The Balaban J connectivity index is 2.41. The predicted molar refractivity (Wildman–Crippen MR) is 65.1 cm³/mol. The molecule has 0 saturated carbocycles. The lowest BCUT2D eigenvalue weighted by molar-refractivity contribution is -0.748. The highest BCUT2D eigenvalue weighted by Crippen LogP contribution is 2.14. The standard InChI is InChI=1S/C13H15N2O3/c1-4-18-13(17)12(16)9-5-6-11-10(7-9)8-14(2)15(11)3/h5-8H,4H2,1-3H3/q+1. The highest BCUT2D eigenvalue weighted by molar-refractivity contribution is 6.40. The fourth-order valence-electron chi connectivity index (χ4n) is 1.87. The van der Waals surface area contributed by atoms with Crippen molar-refractivity contribution in [3.63, 3.8) is 0 Å². The number of carbonyl (C=O) groups is 2. The summed E-state index contributed by atoms with van der Waals surface area (Å²) in [6.45, 7) is 1.87. The lowest BCUT2D eigenvalue weighted by atomic mass is 10.1. The summed E-state index contributed by atoms with van der Waals surface area (Å²) < 4.78 is 8.56. The number of hydrogen-bond donors (Lipinski definition) is 0. The quantitative estimate of drug-likeness (QED) is 0.348. The molecule has 0 spiro atoms. The molecular formula is C13H15N2O3+. The summed E-state index contributed by atoms with van der Waals surface area (Å²) in [5, 5.41) is 0.912. The summed E-state index contributed by atoms with van der Waals surface area (Å²) in [5.41, 5.74) is 1.35. The van der Waals surface area contributed by atoms with Gasteiger partial charge in [-0.05, 0) is 25.1 Å². The van der Waals surface area contributed by atoms with Gasteiger partial charge in [0.2, 0.25) is 6.20 Å². The number of Topliss-reactive ketones (excluding diaryl/α,β-unsaturated/α-hetero) is 1. The number of ether oxygens (including phenoxy) is 1. The molecule has 0 atom stereocenters. The summed E-state index contributed by atoms with van der Waals surface area (Å²) in [6, 6.07) is 5.16.